The van der Waals surface area contributed by atoms with E-state index < -0.39 is 0 Å². The molecule has 8 heteroatoms. The summed E-state index contributed by atoms with van der Waals surface area (Å²) in [6.45, 7) is 4.55. The van der Waals surface area contributed by atoms with Gasteiger partial charge in [0.1, 0.15) is 11.9 Å². The van der Waals surface area contributed by atoms with Crippen LogP contribution in [-0.4, -0.2) is 66.1 Å². The molecule has 0 saturated carbocycles. The molecule has 4 heterocycles. The Hall–Kier alpha value is -2.32. The number of morpholine rings is 1. The number of rotatable bonds is 6. The third-order valence-corrected chi connectivity index (χ3v) is 5.17. The molecule has 8 nitrogen and oxygen atoms in total. The summed E-state index contributed by atoms with van der Waals surface area (Å²) < 4.78 is 19.0. The quantitative estimate of drug-likeness (QED) is 0.601. The van der Waals surface area contributed by atoms with Gasteiger partial charge in [-0.25, -0.2) is 0 Å². The third-order valence-electron chi connectivity index (χ3n) is 5.17. The van der Waals surface area contributed by atoms with E-state index in [4.69, 9.17) is 18.9 Å². The second-order valence-corrected chi connectivity index (χ2v) is 7.31. The van der Waals surface area contributed by atoms with Gasteiger partial charge in [-0.1, -0.05) is 0 Å². The highest BCUT2D eigenvalue weighted by Gasteiger charge is 2.26. The van der Waals surface area contributed by atoms with Gasteiger partial charge in [0.15, 0.2) is 5.96 Å². The van der Waals surface area contributed by atoms with Crippen molar-refractivity contribution in [2.24, 2.45) is 12.0 Å². The summed E-state index contributed by atoms with van der Waals surface area (Å²) in [7, 11) is 1.93. The molecule has 2 aromatic heterocycles. The van der Waals surface area contributed by atoms with Gasteiger partial charge in [0.05, 0.1) is 38.3 Å². The van der Waals surface area contributed by atoms with Crippen LogP contribution in [0.25, 0.3) is 0 Å². The molecule has 0 radical (unpaired) electrons. The number of guanidine groups is 1. The summed E-state index contributed by atoms with van der Waals surface area (Å²) in [6.07, 6.45) is 8.87. The molecule has 2 unspecified atom stereocenters. The highest BCUT2D eigenvalue weighted by molar-refractivity contribution is 5.80. The summed E-state index contributed by atoms with van der Waals surface area (Å²) in [5.74, 6) is 1.89. The molecule has 4 rings (SSSR count). The maximum atomic E-state index is 5.98. The minimum atomic E-state index is 0.00209. The summed E-state index contributed by atoms with van der Waals surface area (Å²) in [5.41, 5.74) is 1.10. The van der Waals surface area contributed by atoms with Crippen molar-refractivity contribution in [2.45, 2.75) is 31.5 Å². The van der Waals surface area contributed by atoms with Crippen molar-refractivity contribution >= 4 is 5.96 Å². The Morgan fingerprint density at radius 2 is 2.32 bits per heavy atom. The Bertz CT molecular complexity index is 752. The van der Waals surface area contributed by atoms with Crippen molar-refractivity contribution in [3.05, 3.63) is 42.1 Å². The second-order valence-electron chi connectivity index (χ2n) is 7.31. The first-order valence-corrected chi connectivity index (χ1v) is 10.1. The minimum absolute atomic E-state index is 0.00209. The standard InChI is InChI=1S/C20H29N5O3/c1-24-14-16(12-23-24)19-15-25(8-11-28-19)20(22-13-18-5-3-10-27-18)21-7-6-17-4-2-9-26-17/h2,4,9,12,14,18-19H,3,5-8,10-11,13,15H2,1H3,(H,21,22). The summed E-state index contributed by atoms with van der Waals surface area (Å²) in [6, 6.07) is 3.92. The SMILES string of the molecule is Cn1cc(C2CN(C(=NCC3CCCO3)NCCc3ccco3)CCO2)cn1. The van der Waals surface area contributed by atoms with Crippen LogP contribution >= 0.6 is 0 Å². The first-order chi connectivity index (χ1) is 13.8. The average molecular weight is 387 g/mol. The molecule has 28 heavy (non-hydrogen) atoms. The van der Waals surface area contributed by atoms with Crippen molar-refractivity contribution in [2.75, 3.05) is 39.4 Å². The molecule has 0 bridgehead atoms. The van der Waals surface area contributed by atoms with Gasteiger partial charge in [-0.3, -0.25) is 9.67 Å². The number of hydrogen-bond acceptors (Lipinski definition) is 5. The monoisotopic (exact) mass is 387 g/mol. The predicted molar refractivity (Wildman–Crippen MR) is 105 cm³/mol. The molecule has 2 aromatic rings. The highest BCUT2D eigenvalue weighted by atomic mass is 16.5. The van der Waals surface area contributed by atoms with E-state index in [-0.39, 0.29) is 12.2 Å². The van der Waals surface area contributed by atoms with Crippen LogP contribution < -0.4 is 5.32 Å². The number of aryl methyl sites for hydroxylation is 1. The number of hydrogen-bond donors (Lipinski definition) is 1. The lowest BCUT2D eigenvalue weighted by Crippen LogP contribution is -2.48. The third kappa shape index (κ3) is 4.94. The normalized spacial score (nSPS) is 23.3. The van der Waals surface area contributed by atoms with Crippen molar-refractivity contribution in [1.29, 1.82) is 0 Å². The Morgan fingerprint density at radius 1 is 1.36 bits per heavy atom. The molecule has 2 aliphatic rings. The van der Waals surface area contributed by atoms with Crippen LogP contribution in [0.15, 0.2) is 40.2 Å². The smallest absolute Gasteiger partial charge is 0.194 e. The zero-order valence-electron chi connectivity index (χ0n) is 16.4. The van der Waals surface area contributed by atoms with Crippen molar-refractivity contribution in [1.82, 2.24) is 20.0 Å². The van der Waals surface area contributed by atoms with E-state index >= 15 is 0 Å². The highest BCUT2D eigenvalue weighted by Crippen LogP contribution is 2.22. The molecule has 0 aliphatic carbocycles. The fourth-order valence-corrected chi connectivity index (χ4v) is 3.65. The molecule has 2 fully saturated rings. The zero-order valence-corrected chi connectivity index (χ0v) is 16.4. The molecule has 0 spiro atoms. The largest absolute Gasteiger partial charge is 0.469 e. The van der Waals surface area contributed by atoms with E-state index in [1.807, 2.05) is 36.3 Å². The van der Waals surface area contributed by atoms with Crippen molar-refractivity contribution in [3.8, 4) is 0 Å². The minimum Gasteiger partial charge on any atom is -0.469 e. The van der Waals surface area contributed by atoms with Gasteiger partial charge in [-0.2, -0.15) is 5.10 Å². The van der Waals surface area contributed by atoms with E-state index in [1.54, 1.807) is 6.26 Å². The number of furan rings is 1. The van der Waals surface area contributed by atoms with E-state index in [0.29, 0.717) is 13.2 Å². The fraction of sp³-hybridized carbons (Fsp3) is 0.600. The molecule has 0 aromatic carbocycles. The Kier molecular flexibility index (Phi) is 6.28. The van der Waals surface area contributed by atoms with Gasteiger partial charge in [-0.15, -0.1) is 0 Å². The lowest BCUT2D eigenvalue weighted by atomic mass is 10.1. The molecular formula is C20H29N5O3. The molecule has 2 aliphatic heterocycles. The zero-order chi connectivity index (χ0) is 19.2. The van der Waals surface area contributed by atoms with E-state index in [2.05, 4.69) is 15.3 Å². The van der Waals surface area contributed by atoms with E-state index in [0.717, 1.165) is 62.8 Å². The van der Waals surface area contributed by atoms with Gasteiger partial charge in [0.25, 0.3) is 0 Å². The fourth-order valence-electron chi connectivity index (χ4n) is 3.65. The lowest BCUT2D eigenvalue weighted by Gasteiger charge is -2.35. The van der Waals surface area contributed by atoms with Gasteiger partial charge < -0.3 is 24.1 Å². The number of aromatic nitrogens is 2. The molecule has 2 atom stereocenters. The lowest BCUT2D eigenvalue weighted by molar-refractivity contribution is -0.00815. The Labute approximate surface area is 165 Å². The Balaban J connectivity index is 1.40. The molecule has 2 saturated heterocycles. The van der Waals surface area contributed by atoms with Crippen LogP contribution in [0, 0.1) is 0 Å². The molecule has 1 N–H and O–H groups in total. The maximum Gasteiger partial charge on any atom is 0.194 e. The average Bonchev–Trinajstić information content (AvgIpc) is 3.47. The predicted octanol–water partition coefficient (Wildman–Crippen LogP) is 1.75. The van der Waals surface area contributed by atoms with Crippen LogP contribution in [0.2, 0.25) is 0 Å². The van der Waals surface area contributed by atoms with Crippen LogP contribution in [0.1, 0.15) is 30.3 Å². The number of nitrogens with one attached hydrogen (secondary N) is 1. The van der Waals surface area contributed by atoms with Crippen LogP contribution in [-0.2, 0) is 22.9 Å². The number of nitrogens with zero attached hydrogens (tertiary/aromatic N) is 4. The van der Waals surface area contributed by atoms with Crippen LogP contribution in [0.4, 0.5) is 0 Å². The number of ether oxygens (including phenoxy) is 2. The topological polar surface area (TPSA) is 77.0 Å². The molecular weight excluding hydrogens is 358 g/mol. The summed E-state index contributed by atoms with van der Waals surface area (Å²) in [4.78, 5) is 7.16. The van der Waals surface area contributed by atoms with E-state index in [9.17, 15) is 0 Å². The molecule has 152 valence electrons. The van der Waals surface area contributed by atoms with E-state index in [1.165, 1.54) is 0 Å². The van der Waals surface area contributed by atoms with Crippen LogP contribution in [0.3, 0.4) is 0 Å². The Morgan fingerprint density at radius 3 is 3.07 bits per heavy atom. The maximum absolute atomic E-state index is 5.98. The van der Waals surface area contributed by atoms with Crippen molar-refractivity contribution in [3.63, 3.8) is 0 Å². The first-order valence-electron chi connectivity index (χ1n) is 10.1. The number of aliphatic imine (C=N–C) groups is 1. The van der Waals surface area contributed by atoms with Gasteiger partial charge >= 0.3 is 0 Å². The second kappa shape index (κ2) is 9.25. The van der Waals surface area contributed by atoms with Gasteiger partial charge in [0.2, 0.25) is 0 Å². The molecule has 0 amide bonds. The van der Waals surface area contributed by atoms with Gasteiger partial charge in [0, 0.05) is 44.9 Å². The van der Waals surface area contributed by atoms with Crippen LogP contribution in [0.5, 0.6) is 0 Å². The summed E-state index contributed by atoms with van der Waals surface area (Å²) >= 11 is 0. The van der Waals surface area contributed by atoms with Crippen molar-refractivity contribution < 1.29 is 13.9 Å². The van der Waals surface area contributed by atoms with Gasteiger partial charge in [-0.05, 0) is 25.0 Å². The summed E-state index contributed by atoms with van der Waals surface area (Å²) in [5, 5.41) is 7.79. The first kappa shape index (κ1) is 19.0.